The van der Waals surface area contributed by atoms with Crippen LogP contribution in [0, 0.1) is 21.3 Å². The lowest BCUT2D eigenvalue weighted by molar-refractivity contribution is -0.385. The normalized spacial score (nSPS) is 22.1. The quantitative estimate of drug-likeness (QED) is 0.440. The maximum absolute atomic E-state index is 13.6. The first-order valence-electron chi connectivity index (χ1n) is 10.5. The summed E-state index contributed by atoms with van der Waals surface area (Å²) in [5, 5.41) is 22.2. The van der Waals surface area contributed by atoms with Gasteiger partial charge in [-0.3, -0.25) is 14.9 Å². The molecular formula is C23H22ClFN4O5S. The molecule has 0 aliphatic carbocycles. The van der Waals surface area contributed by atoms with Crippen molar-refractivity contribution in [3.63, 3.8) is 0 Å². The molecule has 1 unspecified atom stereocenters. The Morgan fingerprint density at radius 1 is 1.26 bits per heavy atom. The van der Waals surface area contributed by atoms with Crippen LogP contribution in [-0.4, -0.2) is 43.2 Å². The summed E-state index contributed by atoms with van der Waals surface area (Å²) in [6.45, 7) is 5.54. The molecule has 1 amide bonds. The van der Waals surface area contributed by atoms with Crippen molar-refractivity contribution in [2.75, 3.05) is 6.26 Å². The van der Waals surface area contributed by atoms with Crippen LogP contribution < -0.4 is 0 Å². The second-order valence-electron chi connectivity index (χ2n) is 9.45. The third-order valence-electron chi connectivity index (χ3n) is 5.73. The van der Waals surface area contributed by atoms with Gasteiger partial charge in [0.25, 0.3) is 11.6 Å². The molecule has 184 valence electrons. The molecule has 9 nitrogen and oxygen atoms in total. The maximum Gasteiger partial charge on any atom is 0.270 e. The second-order valence-corrected chi connectivity index (χ2v) is 12.1. The lowest BCUT2D eigenvalue weighted by Gasteiger charge is -2.35. The molecule has 0 saturated heterocycles. The monoisotopic (exact) mass is 520 g/mol. The molecule has 2 aromatic rings. The van der Waals surface area contributed by atoms with Crippen LogP contribution >= 0.6 is 11.6 Å². The van der Waals surface area contributed by atoms with Crippen molar-refractivity contribution >= 4 is 44.4 Å². The number of nitro benzene ring substituents is 1. The predicted octanol–water partition coefficient (Wildman–Crippen LogP) is 5.16. The van der Waals surface area contributed by atoms with Gasteiger partial charge in [0.05, 0.1) is 36.3 Å². The van der Waals surface area contributed by atoms with E-state index in [0.29, 0.717) is 5.56 Å². The van der Waals surface area contributed by atoms with E-state index < -0.39 is 37.8 Å². The van der Waals surface area contributed by atoms with Crippen molar-refractivity contribution < 1.29 is 23.4 Å². The first kappa shape index (κ1) is 24.8. The van der Waals surface area contributed by atoms with Crippen molar-refractivity contribution in [2.24, 2.45) is 14.8 Å². The van der Waals surface area contributed by atoms with Gasteiger partial charge in [0.2, 0.25) is 0 Å². The van der Waals surface area contributed by atoms with Crippen LogP contribution in [-0.2, 0) is 21.1 Å². The van der Waals surface area contributed by atoms with E-state index in [1.165, 1.54) is 41.5 Å². The van der Waals surface area contributed by atoms with Gasteiger partial charge in [0.15, 0.2) is 5.84 Å². The summed E-state index contributed by atoms with van der Waals surface area (Å²) in [5.41, 5.74) is -0.364. The van der Waals surface area contributed by atoms with Crippen LogP contribution in [0.5, 0.6) is 0 Å². The topological polar surface area (TPSA) is 125 Å². The molecule has 0 spiro atoms. The molecule has 0 saturated carbocycles. The number of rotatable bonds is 4. The van der Waals surface area contributed by atoms with E-state index in [4.69, 9.17) is 11.6 Å². The maximum atomic E-state index is 13.6. The number of benzene rings is 2. The van der Waals surface area contributed by atoms with Gasteiger partial charge >= 0.3 is 0 Å². The van der Waals surface area contributed by atoms with Gasteiger partial charge in [-0.25, -0.2) is 13.6 Å². The fourth-order valence-corrected chi connectivity index (χ4v) is 5.81. The first-order valence-corrected chi connectivity index (χ1v) is 12.8. The summed E-state index contributed by atoms with van der Waals surface area (Å²) in [5.74, 6) is -1.68. The van der Waals surface area contributed by atoms with Crippen molar-refractivity contribution in [3.05, 3.63) is 74.2 Å². The Morgan fingerprint density at radius 3 is 2.54 bits per heavy atom. The Balaban J connectivity index is 1.82. The molecule has 12 heteroatoms. The molecule has 4 rings (SSSR count). The Bertz CT molecular complexity index is 1470. The van der Waals surface area contributed by atoms with E-state index in [1.807, 2.05) is 20.8 Å². The Morgan fingerprint density at radius 2 is 1.94 bits per heavy atom. The SMILES string of the molecule is CC(C)(C)[C@H]1C(O)=C(C2=Nc3ccc([N+](=O)[O-])cc3S(C)(=O)=N2)C(=O)N1Cc1ccc(F)c(Cl)c1. The van der Waals surface area contributed by atoms with Crippen molar-refractivity contribution in [1.29, 1.82) is 0 Å². The fourth-order valence-electron chi connectivity index (χ4n) is 4.20. The van der Waals surface area contributed by atoms with E-state index in [2.05, 4.69) is 9.36 Å². The molecule has 0 radical (unpaired) electrons. The zero-order valence-corrected chi connectivity index (χ0v) is 20.9. The third-order valence-corrected chi connectivity index (χ3v) is 7.69. The van der Waals surface area contributed by atoms with Gasteiger partial charge in [-0.2, -0.15) is 4.36 Å². The van der Waals surface area contributed by atoms with Gasteiger partial charge < -0.3 is 10.0 Å². The number of aliphatic hydroxyl groups excluding tert-OH is 1. The molecule has 2 aliphatic heterocycles. The van der Waals surface area contributed by atoms with E-state index in [9.17, 15) is 28.6 Å². The molecule has 1 N–H and O–H groups in total. The Hall–Kier alpha value is -3.31. The van der Waals surface area contributed by atoms with Gasteiger partial charge in [0, 0.05) is 24.9 Å². The highest BCUT2D eigenvalue weighted by Crippen LogP contribution is 2.41. The summed E-state index contributed by atoms with van der Waals surface area (Å²) >= 11 is 5.90. The minimum Gasteiger partial charge on any atom is -0.509 e. The van der Waals surface area contributed by atoms with E-state index in [-0.39, 0.29) is 45.0 Å². The molecule has 0 aromatic heterocycles. The summed E-state index contributed by atoms with van der Waals surface area (Å²) in [7, 11) is -3.21. The van der Waals surface area contributed by atoms with E-state index >= 15 is 0 Å². The molecular weight excluding hydrogens is 499 g/mol. The first-order chi connectivity index (χ1) is 16.2. The number of aliphatic hydroxyl groups is 1. The number of nitro groups is 1. The van der Waals surface area contributed by atoms with Gasteiger partial charge in [-0.15, -0.1) is 0 Å². The van der Waals surface area contributed by atoms with Gasteiger partial charge in [-0.05, 0) is 29.2 Å². The summed E-state index contributed by atoms with van der Waals surface area (Å²) in [6, 6.07) is 7.02. The third kappa shape index (κ3) is 4.41. The number of halogens is 2. The zero-order valence-electron chi connectivity index (χ0n) is 19.3. The minimum atomic E-state index is -3.21. The van der Waals surface area contributed by atoms with Crippen LogP contribution in [0.15, 0.2) is 62.0 Å². The van der Waals surface area contributed by atoms with Crippen LogP contribution in [0.2, 0.25) is 5.02 Å². The van der Waals surface area contributed by atoms with Crippen LogP contribution in [0.25, 0.3) is 0 Å². The largest absolute Gasteiger partial charge is 0.509 e. The van der Waals surface area contributed by atoms with Crippen LogP contribution in [0.4, 0.5) is 15.8 Å². The Kier molecular flexibility index (Phi) is 5.97. The lowest BCUT2D eigenvalue weighted by atomic mass is 9.85. The molecule has 0 bridgehead atoms. The predicted molar refractivity (Wildman–Crippen MR) is 130 cm³/mol. The second kappa shape index (κ2) is 8.42. The molecule has 2 aliphatic rings. The number of hydrogen-bond donors (Lipinski definition) is 1. The summed E-state index contributed by atoms with van der Waals surface area (Å²) in [6.07, 6.45) is 1.29. The number of carbonyl (C=O) groups excluding carboxylic acids is 1. The van der Waals surface area contributed by atoms with Crippen molar-refractivity contribution in [3.8, 4) is 0 Å². The number of amidine groups is 1. The number of non-ortho nitro benzene ring substituents is 1. The molecule has 35 heavy (non-hydrogen) atoms. The number of hydrogen-bond acceptors (Lipinski definition) is 7. The van der Waals surface area contributed by atoms with Crippen LogP contribution in [0.3, 0.4) is 0 Å². The number of carbonyl (C=O) groups is 1. The van der Waals surface area contributed by atoms with Gasteiger partial charge in [0.1, 0.15) is 17.1 Å². The van der Waals surface area contributed by atoms with Crippen molar-refractivity contribution in [2.45, 2.75) is 38.3 Å². The van der Waals surface area contributed by atoms with E-state index in [0.717, 1.165) is 6.07 Å². The zero-order chi connectivity index (χ0) is 25.9. The fraction of sp³-hybridized carbons (Fsp3) is 0.304. The average Bonchev–Trinajstić information content (AvgIpc) is 2.99. The minimum absolute atomic E-state index is 0.0197. The lowest BCUT2D eigenvalue weighted by Crippen LogP contribution is -2.43. The highest BCUT2D eigenvalue weighted by atomic mass is 35.5. The molecule has 2 heterocycles. The molecule has 0 fully saturated rings. The standard InChI is InChI=1S/C23H22ClFN4O5S/c1-23(2,3)20-19(30)18(22(31)28(20)11-12-5-7-15(25)14(24)9-12)21-26-16-8-6-13(29(32)33)10-17(16)35(4,34)27-21/h5-10,20,30H,11H2,1-4H3/t20-,35?/m1/s1. The number of fused-ring (bicyclic) bond motifs is 1. The van der Waals surface area contributed by atoms with E-state index in [1.54, 1.807) is 0 Å². The smallest absolute Gasteiger partial charge is 0.270 e. The van der Waals surface area contributed by atoms with Crippen molar-refractivity contribution in [1.82, 2.24) is 4.90 Å². The Labute approximate surface area is 206 Å². The molecule has 2 atom stereocenters. The highest BCUT2D eigenvalue weighted by molar-refractivity contribution is 7.93. The number of amides is 1. The number of nitrogens with zero attached hydrogens (tertiary/aromatic N) is 4. The number of aliphatic imine (C=N–C) groups is 1. The summed E-state index contributed by atoms with van der Waals surface area (Å²) in [4.78, 5) is 29.9. The van der Waals surface area contributed by atoms with Gasteiger partial charge in [-0.1, -0.05) is 38.4 Å². The molecule has 2 aromatic carbocycles. The van der Waals surface area contributed by atoms with Crippen LogP contribution in [0.1, 0.15) is 26.3 Å². The average molecular weight is 521 g/mol. The summed E-state index contributed by atoms with van der Waals surface area (Å²) < 4.78 is 31.1. The highest BCUT2D eigenvalue weighted by Gasteiger charge is 2.47.